The number of hydrogen-bond acceptors (Lipinski definition) is 8. The van der Waals surface area contributed by atoms with E-state index < -0.39 is 29.9 Å². The van der Waals surface area contributed by atoms with Gasteiger partial charge in [0.25, 0.3) is 11.8 Å². The lowest BCUT2D eigenvalue weighted by atomic mass is 10.1. The maximum Gasteiger partial charge on any atom is 0.258 e. The molecular formula is C25H34F2N8O3SSi. The number of aromatic nitrogens is 4. The number of nitrogens with one attached hydrogen (secondary N) is 2. The van der Waals surface area contributed by atoms with Crippen LogP contribution in [0.2, 0.25) is 25.2 Å². The monoisotopic (exact) mass is 592 g/mol. The summed E-state index contributed by atoms with van der Waals surface area (Å²) in [5.74, 6) is -2.67. The van der Waals surface area contributed by atoms with Gasteiger partial charge in [-0.1, -0.05) is 13.1 Å². The standard InChI is InChI=1S/C25H34F2N8O3SSi/c1-4-39(37,38)32-18-5-6-19(20(15-18)33-11-13-40(2,3)14-12-33)23(36)30-21-16-22-28-17-29-35(22)24(31-21)34-9-7-25(26,27)8-10-34/h5-6,15-17,32H,4,7-14H2,1-3H3,(H,30,36). The Morgan fingerprint density at radius 3 is 2.45 bits per heavy atom. The molecule has 1 amide bonds. The van der Waals surface area contributed by atoms with E-state index in [1.807, 2.05) is 0 Å². The molecule has 2 aromatic heterocycles. The van der Waals surface area contributed by atoms with Gasteiger partial charge < -0.3 is 15.1 Å². The van der Waals surface area contributed by atoms with Gasteiger partial charge >= 0.3 is 0 Å². The van der Waals surface area contributed by atoms with Crippen molar-refractivity contribution in [1.82, 2.24) is 19.6 Å². The second-order valence-electron chi connectivity index (χ2n) is 11.2. The summed E-state index contributed by atoms with van der Waals surface area (Å²) in [7, 11) is -4.81. The van der Waals surface area contributed by atoms with Gasteiger partial charge in [0.1, 0.15) is 12.1 Å². The average Bonchev–Trinajstić information content (AvgIpc) is 3.37. The summed E-state index contributed by atoms with van der Waals surface area (Å²) >= 11 is 0. The van der Waals surface area contributed by atoms with E-state index in [1.165, 1.54) is 10.8 Å². The van der Waals surface area contributed by atoms with Crippen LogP contribution in [0.25, 0.3) is 5.65 Å². The van der Waals surface area contributed by atoms with Crippen LogP contribution in [-0.2, 0) is 10.0 Å². The molecular weight excluding hydrogens is 558 g/mol. The van der Waals surface area contributed by atoms with Crippen LogP contribution in [-0.4, -0.2) is 79.8 Å². The number of anilines is 4. The first-order valence-electron chi connectivity index (χ1n) is 13.4. The minimum absolute atomic E-state index is 0.0676. The third-order valence-electron chi connectivity index (χ3n) is 7.62. The number of rotatable bonds is 7. The normalized spacial score (nSPS) is 19.0. The first-order valence-corrected chi connectivity index (χ1v) is 18.5. The van der Waals surface area contributed by atoms with Gasteiger partial charge in [0, 0.05) is 45.1 Å². The average molecular weight is 593 g/mol. The molecule has 216 valence electrons. The number of amides is 1. The first kappa shape index (κ1) is 28.2. The zero-order chi connectivity index (χ0) is 28.7. The van der Waals surface area contributed by atoms with Crippen LogP contribution in [0.3, 0.4) is 0 Å². The van der Waals surface area contributed by atoms with Crippen LogP contribution >= 0.6 is 0 Å². The molecule has 0 unspecified atom stereocenters. The molecule has 2 fully saturated rings. The highest BCUT2D eigenvalue weighted by Gasteiger charge is 2.35. The Balaban J connectivity index is 1.45. The highest BCUT2D eigenvalue weighted by atomic mass is 32.2. The predicted molar refractivity (Wildman–Crippen MR) is 154 cm³/mol. The van der Waals surface area contributed by atoms with Gasteiger partial charge in [0.05, 0.1) is 30.8 Å². The maximum absolute atomic E-state index is 13.8. The Bertz CT molecular complexity index is 1510. The minimum Gasteiger partial charge on any atom is -0.371 e. The number of fused-ring (bicyclic) bond motifs is 1. The third kappa shape index (κ3) is 6.19. The zero-order valence-electron chi connectivity index (χ0n) is 22.8. The zero-order valence-corrected chi connectivity index (χ0v) is 24.6. The molecule has 0 spiro atoms. The fraction of sp³-hybridized carbons (Fsp3) is 0.520. The lowest BCUT2D eigenvalue weighted by molar-refractivity contribution is -0.0223. The van der Waals surface area contributed by atoms with E-state index in [1.54, 1.807) is 36.1 Å². The molecule has 2 aliphatic rings. The van der Waals surface area contributed by atoms with Crippen molar-refractivity contribution in [2.45, 2.75) is 50.9 Å². The SMILES string of the molecule is CCS(=O)(=O)Nc1ccc(C(=O)Nc2cc3ncnn3c(N3CCC(F)(F)CC3)n2)c(N2CC[Si](C)(C)CC2)c1. The summed E-state index contributed by atoms with van der Waals surface area (Å²) in [6.45, 7) is 7.99. The molecule has 2 saturated heterocycles. The Morgan fingerprint density at radius 1 is 1.07 bits per heavy atom. The minimum atomic E-state index is -3.50. The van der Waals surface area contributed by atoms with Crippen LogP contribution in [0.4, 0.5) is 31.9 Å². The van der Waals surface area contributed by atoms with Crippen LogP contribution in [0.1, 0.15) is 30.1 Å². The number of nitrogens with zero attached hydrogens (tertiary/aromatic N) is 6. The molecule has 11 nitrogen and oxygen atoms in total. The largest absolute Gasteiger partial charge is 0.371 e. The Morgan fingerprint density at radius 2 is 1.77 bits per heavy atom. The summed E-state index contributed by atoms with van der Waals surface area (Å²) in [6, 6.07) is 8.58. The highest BCUT2D eigenvalue weighted by molar-refractivity contribution is 7.92. The number of sulfonamides is 1. The molecule has 0 aliphatic carbocycles. The summed E-state index contributed by atoms with van der Waals surface area (Å²) in [5.41, 5.74) is 1.83. The molecule has 2 N–H and O–H groups in total. The molecule has 4 heterocycles. The number of alkyl halides is 2. The van der Waals surface area contributed by atoms with Gasteiger partial charge in [-0.15, -0.1) is 0 Å². The van der Waals surface area contributed by atoms with E-state index in [0.717, 1.165) is 25.2 Å². The molecule has 1 aromatic carbocycles. The Labute approximate surface area is 233 Å². The van der Waals surface area contributed by atoms with Crippen molar-refractivity contribution < 1.29 is 22.0 Å². The fourth-order valence-electron chi connectivity index (χ4n) is 4.95. The Kier molecular flexibility index (Phi) is 7.46. The summed E-state index contributed by atoms with van der Waals surface area (Å²) in [4.78, 5) is 26.3. The molecule has 0 radical (unpaired) electrons. The van der Waals surface area contributed by atoms with Crippen molar-refractivity contribution in [2.24, 2.45) is 0 Å². The van der Waals surface area contributed by atoms with Gasteiger partial charge in [0.15, 0.2) is 5.65 Å². The van der Waals surface area contributed by atoms with Crippen LogP contribution < -0.4 is 19.8 Å². The molecule has 5 rings (SSSR count). The number of halogens is 2. The van der Waals surface area contributed by atoms with Crippen molar-refractivity contribution in [3.05, 3.63) is 36.2 Å². The highest BCUT2D eigenvalue weighted by Crippen LogP contribution is 2.33. The smallest absolute Gasteiger partial charge is 0.258 e. The van der Waals surface area contributed by atoms with E-state index in [4.69, 9.17) is 0 Å². The summed E-state index contributed by atoms with van der Waals surface area (Å²) in [6.07, 6.45) is 0.753. The van der Waals surface area contributed by atoms with Crippen molar-refractivity contribution in [2.75, 3.05) is 51.8 Å². The fourth-order valence-corrected chi connectivity index (χ4v) is 7.58. The second kappa shape index (κ2) is 10.6. The van der Waals surface area contributed by atoms with Crippen LogP contribution in [0, 0.1) is 0 Å². The van der Waals surface area contributed by atoms with Gasteiger partial charge in [-0.25, -0.2) is 22.2 Å². The first-order chi connectivity index (χ1) is 18.8. The summed E-state index contributed by atoms with van der Waals surface area (Å²) < 4.78 is 56.1. The quantitative estimate of drug-likeness (QED) is 0.396. The molecule has 2 aliphatic heterocycles. The summed E-state index contributed by atoms with van der Waals surface area (Å²) in [5, 5.41) is 7.03. The third-order valence-corrected chi connectivity index (χ3v) is 12.1. The van der Waals surface area contributed by atoms with E-state index in [-0.39, 0.29) is 37.5 Å². The number of hydrogen-bond donors (Lipinski definition) is 2. The topological polar surface area (TPSA) is 125 Å². The lowest BCUT2D eigenvalue weighted by Gasteiger charge is -2.38. The number of carbonyl (C=O) groups excluding carboxylic acids is 1. The molecule has 0 saturated carbocycles. The van der Waals surface area contributed by atoms with Crippen molar-refractivity contribution in [1.29, 1.82) is 0 Å². The lowest BCUT2D eigenvalue weighted by Crippen LogP contribution is -2.43. The van der Waals surface area contributed by atoms with E-state index >= 15 is 0 Å². The molecule has 15 heteroatoms. The van der Waals surface area contributed by atoms with Gasteiger partial charge in [0.2, 0.25) is 16.0 Å². The molecule has 40 heavy (non-hydrogen) atoms. The van der Waals surface area contributed by atoms with Gasteiger partial charge in [-0.2, -0.15) is 14.6 Å². The molecule has 0 bridgehead atoms. The number of carbonyl (C=O) groups is 1. The van der Waals surface area contributed by atoms with Crippen molar-refractivity contribution in [3.8, 4) is 0 Å². The van der Waals surface area contributed by atoms with Gasteiger partial charge in [-0.3, -0.25) is 9.52 Å². The number of benzene rings is 1. The maximum atomic E-state index is 13.8. The second-order valence-corrected chi connectivity index (χ2v) is 18.5. The molecule has 0 atom stereocenters. The van der Waals surface area contributed by atoms with Crippen LogP contribution in [0.5, 0.6) is 0 Å². The van der Waals surface area contributed by atoms with E-state index in [2.05, 4.69) is 43.1 Å². The predicted octanol–water partition coefficient (Wildman–Crippen LogP) is 3.90. The molecule has 3 aromatic rings. The number of piperidine rings is 1. The van der Waals surface area contributed by atoms with E-state index in [0.29, 0.717) is 28.5 Å². The van der Waals surface area contributed by atoms with Gasteiger partial charge in [-0.05, 0) is 37.2 Å². The Hall–Kier alpha value is -3.33. The van der Waals surface area contributed by atoms with Crippen molar-refractivity contribution in [3.63, 3.8) is 0 Å². The van der Waals surface area contributed by atoms with Crippen molar-refractivity contribution >= 4 is 52.8 Å². The van der Waals surface area contributed by atoms with Crippen LogP contribution in [0.15, 0.2) is 30.6 Å². The van der Waals surface area contributed by atoms with E-state index in [9.17, 15) is 22.0 Å².